The Labute approximate surface area is 124 Å². The lowest BCUT2D eigenvalue weighted by molar-refractivity contribution is -0.0475. The predicted molar refractivity (Wildman–Crippen MR) is 82.1 cm³/mol. The Balaban J connectivity index is 1.73. The molecule has 2 nitrogen and oxygen atoms in total. The first-order valence-corrected chi connectivity index (χ1v) is 8.35. The summed E-state index contributed by atoms with van der Waals surface area (Å²) in [6.45, 7) is 1.29. The van der Waals surface area contributed by atoms with Crippen LogP contribution < -0.4 is 4.74 Å². The summed E-state index contributed by atoms with van der Waals surface area (Å²) in [7, 11) is 0. The van der Waals surface area contributed by atoms with Gasteiger partial charge in [0.05, 0.1) is 12.2 Å². The van der Waals surface area contributed by atoms with Gasteiger partial charge in [0.1, 0.15) is 12.4 Å². The molecule has 0 radical (unpaired) electrons. The Morgan fingerprint density at radius 3 is 2.26 bits per heavy atom. The molecule has 1 aliphatic carbocycles. The van der Waals surface area contributed by atoms with Crippen LogP contribution in [-0.4, -0.2) is 24.1 Å². The summed E-state index contributed by atoms with van der Waals surface area (Å²) in [4.78, 5) is 0. The molecular formula is C16H23BrO2. The number of halogens is 1. The lowest BCUT2D eigenvalue weighted by Gasteiger charge is -2.31. The molecule has 19 heavy (non-hydrogen) atoms. The molecule has 0 amide bonds. The fraction of sp³-hybridized carbons (Fsp3) is 0.625. The molecule has 0 bridgehead atoms. The molecule has 1 aliphatic rings. The smallest absolute Gasteiger partial charge is 0.119 e. The van der Waals surface area contributed by atoms with E-state index in [1.54, 1.807) is 0 Å². The van der Waals surface area contributed by atoms with Crippen molar-refractivity contribution in [2.24, 2.45) is 0 Å². The molecule has 2 rings (SSSR count). The first-order chi connectivity index (χ1) is 9.35. The van der Waals surface area contributed by atoms with Gasteiger partial charge in [-0.15, -0.1) is 0 Å². The third-order valence-electron chi connectivity index (χ3n) is 3.76. The standard InChI is InChI=1S/C16H23BrO2/c17-14-16(10-6-1-2-7-11-16)19-13-12-18-15-8-4-3-5-9-15/h3-5,8-9H,1-2,6-7,10-14H2. The maximum absolute atomic E-state index is 6.15. The summed E-state index contributed by atoms with van der Waals surface area (Å²) in [5.74, 6) is 0.917. The molecule has 106 valence electrons. The summed E-state index contributed by atoms with van der Waals surface area (Å²) < 4.78 is 11.8. The monoisotopic (exact) mass is 326 g/mol. The number of para-hydroxylation sites is 1. The molecule has 3 heteroatoms. The van der Waals surface area contributed by atoms with E-state index in [-0.39, 0.29) is 5.60 Å². The second kappa shape index (κ2) is 7.91. The quantitative estimate of drug-likeness (QED) is 0.433. The molecule has 0 unspecified atom stereocenters. The zero-order chi connectivity index (χ0) is 13.4. The maximum atomic E-state index is 6.15. The Bertz CT molecular complexity index is 345. The normalized spacial score (nSPS) is 18.8. The van der Waals surface area contributed by atoms with E-state index in [9.17, 15) is 0 Å². The lowest BCUT2D eigenvalue weighted by atomic mass is 9.97. The van der Waals surface area contributed by atoms with Crippen molar-refractivity contribution in [1.29, 1.82) is 0 Å². The first-order valence-electron chi connectivity index (χ1n) is 7.22. The molecule has 1 aromatic carbocycles. The first kappa shape index (κ1) is 14.9. The highest BCUT2D eigenvalue weighted by Gasteiger charge is 2.30. The largest absolute Gasteiger partial charge is 0.491 e. The van der Waals surface area contributed by atoms with Crippen molar-refractivity contribution >= 4 is 15.9 Å². The zero-order valence-corrected chi connectivity index (χ0v) is 13.0. The fourth-order valence-corrected chi connectivity index (χ4v) is 3.35. The van der Waals surface area contributed by atoms with Gasteiger partial charge in [0.25, 0.3) is 0 Å². The van der Waals surface area contributed by atoms with Gasteiger partial charge < -0.3 is 9.47 Å². The molecule has 0 spiro atoms. The topological polar surface area (TPSA) is 18.5 Å². The van der Waals surface area contributed by atoms with E-state index < -0.39 is 0 Å². The number of alkyl halides is 1. The van der Waals surface area contributed by atoms with Gasteiger partial charge in [-0.3, -0.25) is 0 Å². The second-order valence-corrected chi connectivity index (χ2v) is 5.80. The Hall–Kier alpha value is -0.540. The predicted octanol–water partition coefficient (Wildman–Crippen LogP) is 4.57. The molecule has 0 aromatic heterocycles. The minimum absolute atomic E-state index is 0.0382. The van der Waals surface area contributed by atoms with Crippen molar-refractivity contribution in [2.45, 2.75) is 44.1 Å². The van der Waals surface area contributed by atoms with Crippen LogP contribution >= 0.6 is 15.9 Å². The van der Waals surface area contributed by atoms with Crippen molar-refractivity contribution in [3.63, 3.8) is 0 Å². The van der Waals surface area contributed by atoms with Crippen molar-refractivity contribution in [2.75, 3.05) is 18.5 Å². The molecule has 0 atom stereocenters. The SMILES string of the molecule is BrCC1(OCCOc2ccccc2)CCCCCC1. The molecule has 1 fully saturated rings. The summed E-state index contributed by atoms with van der Waals surface area (Å²) in [5, 5.41) is 0.936. The van der Waals surface area contributed by atoms with E-state index >= 15 is 0 Å². The minimum atomic E-state index is 0.0382. The Morgan fingerprint density at radius 2 is 1.63 bits per heavy atom. The third kappa shape index (κ3) is 4.81. The van der Waals surface area contributed by atoms with E-state index in [0.29, 0.717) is 13.2 Å². The molecule has 0 aliphatic heterocycles. The van der Waals surface area contributed by atoms with Crippen LogP contribution in [-0.2, 0) is 4.74 Å². The summed E-state index contributed by atoms with van der Waals surface area (Å²) >= 11 is 3.63. The highest BCUT2D eigenvalue weighted by molar-refractivity contribution is 9.09. The van der Waals surface area contributed by atoms with Gasteiger partial charge >= 0.3 is 0 Å². The average molecular weight is 327 g/mol. The van der Waals surface area contributed by atoms with Crippen LogP contribution in [0.2, 0.25) is 0 Å². The van der Waals surface area contributed by atoms with Crippen LogP contribution in [0.3, 0.4) is 0 Å². The van der Waals surface area contributed by atoms with E-state index in [4.69, 9.17) is 9.47 Å². The van der Waals surface area contributed by atoms with Crippen LogP contribution in [0.1, 0.15) is 38.5 Å². The van der Waals surface area contributed by atoms with Crippen molar-refractivity contribution < 1.29 is 9.47 Å². The van der Waals surface area contributed by atoms with Crippen LogP contribution in [0.15, 0.2) is 30.3 Å². The third-order valence-corrected chi connectivity index (χ3v) is 4.78. The van der Waals surface area contributed by atoms with E-state index in [2.05, 4.69) is 15.9 Å². The minimum Gasteiger partial charge on any atom is -0.491 e. The van der Waals surface area contributed by atoms with Crippen molar-refractivity contribution in [3.8, 4) is 5.75 Å². The highest BCUT2D eigenvalue weighted by atomic mass is 79.9. The van der Waals surface area contributed by atoms with Crippen LogP contribution in [0.5, 0.6) is 5.75 Å². The van der Waals surface area contributed by atoms with E-state index in [1.807, 2.05) is 30.3 Å². The number of benzene rings is 1. The number of rotatable bonds is 6. The van der Waals surface area contributed by atoms with Crippen molar-refractivity contribution in [3.05, 3.63) is 30.3 Å². The second-order valence-electron chi connectivity index (χ2n) is 5.24. The number of hydrogen-bond acceptors (Lipinski definition) is 2. The molecule has 1 aromatic rings. The number of ether oxygens (including phenoxy) is 2. The van der Waals surface area contributed by atoms with Crippen LogP contribution in [0.4, 0.5) is 0 Å². The maximum Gasteiger partial charge on any atom is 0.119 e. The summed E-state index contributed by atoms with van der Waals surface area (Å²) in [6, 6.07) is 9.93. The van der Waals surface area contributed by atoms with E-state index in [0.717, 1.165) is 11.1 Å². The molecule has 0 saturated heterocycles. The van der Waals surface area contributed by atoms with Gasteiger partial charge in [0, 0.05) is 5.33 Å². The highest BCUT2D eigenvalue weighted by Crippen LogP contribution is 2.32. The van der Waals surface area contributed by atoms with Crippen LogP contribution in [0, 0.1) is 0 Å². The lowest BCUT2D eigenvalue weighted by Crippen LogP contribution is -2.35. The summed E-state index contributed by atoms with van der Waals surface area (Å²) in [5.41, 5.74) is 0.0382. The summed E-state index contributed by atoms with van der Waals surface area (Å²) in [6.07, 6.45) is 7.60. The Kier molecular flexibility index (Phi) is 6.18. The molecule has 1 saturated carbocycles. The Morgan fingerprint density at radius 1 is 0.947 bits per heavy atom. The molecule has 0 N–H and O–H groups in total. The number of hydrogen-bond donors (Lipinski definition) is 0. The van der Waals surface area contributed by atoms with Gasteiger partial charge in [-0.25, -0.2) is 0 Å². The molecule has 0 heterocycles. The average Bonchev–Trinajstić information content (AvgIpc) is 2.71. The van der Waals surface area contributed by atoms with Gasteiger partial charge in [-0.1, -0.05) is 59.8 Å². The zero-order valence-electron chi connectivity index (χ0n) is 11.4. The van der Waals surface area contributed by atoms with Gasteiger partial charge in [0.2, 0.25) is 0 Å². The molecular weight excluding hydrogens is 304 g/mol. The van der Waals surface area contributed by atoms with Gasteiger partial charge in [0.15, 0.2) is 0 Å². The van der Waals surface area contributed by atoms with Crippen molar-refractivity contribution in [1.82, 2.24) is 0 Å². The van der Waals surface area contributed by atoms with E-state index in [1.165, 1.54) is 38.5 Å². The van der Waals surface area contributed by atoms with Crippen LogP contribution in [0.25, 0.3) is 0 Å². The van der Waals surface area contributed by atoms with Gasteiger partial charge in [-0.05, 0) is 25.0 Å². The van der Waals surface area contributed by atoms with Gasteiger partial charge in [-0.2, -0.15) is 0 Å². The fourth-order valence-electron chi connectivity index (χ4n) is 2.62.